The maximum Gasteiger partial charge on any atom is 0.490 e. The maximum atomic E-state index is 12.0. The van der Waals surface area contributed by atoms with Gasteiger partial charge in [0.2, 0.25) is 5.95 Å². The predicted octanol–water partition coefficient (Wildman–Crippen LogP) is 4.67. The summed E-state index contributed by atoms with van der Waals surface area (Å²) in [4.78, 5) is 29.6. The van der Waals surface area contributed by atoms with Crippen molar-refractivity contribution in [3.8, 4) is 0 Å². The highest BCUT2D eigenvalue weighted by molar-refractivity contribution is 6.32. The number of aryl methyl sites for hydroxylation is 2. The number of carbonyl (C=O) groups excluding carboxylic acids is 1. The van der Waals surface area contributed by atoms with Gasteiger partial charge in [0.1, 0.15) is 11.1 Å². The summed E-state index contributed by atoms with van der Waals surface area (Å²) in [6.45, 7) is 1.44. The number of hydrogen-bond donors (Lipinski definition) is 5. The molecule has 5 N–H and O–H groups in total. The zero-order valence-corrected chi connectivity index (χ0v) is 19.5. The van der Waals surface area contributed by atoms with Gasteiger partial charge >= 0.3 is 12.1 Å². The first-order valence-corrected chi connectivity index (χ1v) is 10.9. The first kappa shape index (κ1) is 26.7. The van der Waals surface area contributed by atoms with E-state index in [2.05, 4.69) is 32.0 Å². The van der Waals surface area contributed by atoms with Crippen molar-refractivity contribution in [2.75, 3.05) is 16.0 Å². The molecule has 4 rings (SSSR count). The van der Waals surface area contributed by atoms with Crippen LogP contribution in [-0.4, -0.2) is 44.3 Å². The van der Waals surface area contributed by atoms with Crippen LogP contribution in [0.15, 0.2) is 48.7 Å². The van der Waals surface area contributed by atoms with Gasteiger partial charge in [-0.1, -0.05) is 23.7 Å². The molecular weight excluding hydrogens is 503 g/mol. The molecule has 1 aliphatic heterocycles. The lowest BCUT2D eigenvalue weighted by atomic mass is 10.0. The molecule has 0 saturated heterocycles. The Balaban J connectivity index is 0.000000454. The van der Waals surface area contributed by atoms with Crippen LogP contribution >= 0.6 is 11.6 Å². The zero-order valence-electron chi connectivity index (χ0n) is 18.7. The summed E-state index contributed by atoms with van der Waals surface area (Å²) in [5.74, 6) is -2.28. The number of amides is 1. The number of aliphatic hydroxyl groups excluding tert-OH is 1. The Hall–Kier alpha value is -3.90. The summed E-state index contributed by atoms with van der Waals surface area (Å²) in [7, 11) is 0. The predicted molar refractivity (Wildman–Crippen MR) is 128 cm³/mol. The van der Waals surface area contributed by atoms with E-state index in [1.165, 1.54) is 6.92 Å². The summed E-state index contributed by atoms with van der Waals surface area (Å²) in [6, 6.07) is 13.6. The first-order valence-electron chi connectivity index (χ1n) is 10.5. The minimum Gasteiger partial charge on any atom is -0.475 e. The number of carboxylic acids is 1. The molecule has 13 heteroatoms. The van der Waals surface area contributed by atoms with Crippen LogP contribution < -0.4 is 16.0 Å². The van der Waals surface area contributed by atoms with E-state index in [1.54, 1.807) is 6.20 Å². The van der Waals surface area contributed by atoms with E-state index in [9.17, 15) is 23.1 Å². The van der Waals surface area contributed by atoms with Crippen molar-refractivity contribution in [1.82, 2.24) is 9.97 Å². The smallest absolute Gasteiger partial charge is 0.475 e. The van der Waals surface area contributed by atoms with Gasteiger partial charge in [-0.15, -0.1) is 0 Å². The van der Waals surface area contributed by atoms with Crippen LogP contribution in [0.3, 0.4) is 0 Å². The van der Waals surface area contributed by atoms with E-state index in [4.69, 9.17) is 21.5 Å². The summed E-state index contributed by atoms with van der Waals surface area (Å²) in [6.07, 6.45) is -3.15. The van der Waals surface area contributed by atoms with Gasteiger partial charge in [0.15, 0.2) is 5.82 Å². The Morgan fingerprint density at radius 1 is 1.11 bits per heavy atom. The number of nitrogens with one attached hydrogen (secondary N) is 3. The fourth-order valence-corrected chi connectivity index (χ4v) is 3.24. The molecule has 0 radical (unpaired) electrons. The molecule has 0 aliphatic carbocycles. The van der Waals surface area contributed by atoms with Gasteiger partial charge in [-0.25, -0.2) is 9.78 Å². The van der Waals surface area contributed by atoms with Gasteiger partial charge in [-0.05, 0) is 61.2 Å². The van der Waals surface area contributed by atoms with Gasteiger partial charge in [0.05, 0.1) is 6.20 Å². The minimum absolute atomic E-state index is 0.396. The molecule has 0 fully saturated rings. The third-order valence-electron chi connectivity index (χ3n) is 4.86. The zero-order chi connectivity index (χ0) is 26.5. The number of fused-ring (bicyclic) bond motifs is 6. The van der Waals surface area contributed by atoms with E-state index < -0.39 is 24.2 Å². The molecule has 1 aromatic heterocycles. The first-order chi connectivity index (χ1) is 16.9. The third-order valence-corrected chi connectivity index (χ3v) is 5.13. The van der Waals surface area contributed by atoms with Crippen LogP contribution in [0, 0.1) is 0 Å². The Kier molecular flexibility index (Phi) is 8.33. The van der Waals surface area contributed by atoms with E-state index in [1.807, 2.05) is 36.4 Å². The number of aromatic nitrogens is 2. The maximum absolute atomic E-state index is 12.0. The minimum atomic E-state index is -5.08. The molecule has 0 spiro atoms. The number of hydrogen-bond acceptors (Lipinski definition) is 7. The van der Waals surface area contributed by atoms with Crippen molar-refractivity contribution in [1.29, 1.82) is 0 Å². The van der Waals surface area contributed by atoms with Crippen molar-refractivity contribution < 1.29 is 33.0 Å². The molecule has 1 amide bonds. The summed E-state index contributed by atoms with van der Waals surface area (Å²) >= 11 is 6.27. The van der Waals surface area contributed by atoms with Crippen LogP contribution in [0.1, 0.15) is 18.1 Å². The number of carbonyl (C=O) groups is 2. The average molecular weight is 524 g/mol. The molecule has 2 aromatic carbocycles. The van der Waals surface area contributed by atoms with Crippen molar-refractivity contribution in [3.63, 3.8) is 0 Å². The molecule has 6 bridgehead atoms. The molecule has 0 unspecified atom stereocenters. The Morgan fingerprint density at radius 2 is 1.81 bits per heavy atom. The van der Waals surface area contributed by atoms with Crippen LogP contribution in [0.4, 0.5) is 42.0 Å². The topological polar surface area (TPSA) is 136 Å². The summed E-state index contributed by atoms with van der Waals surface area (Å²) in [5.41, 5.74) is 4.40. The summed E-state index contributed by atoms with van der Waals surface area (Å²) in [5, 5.41) is 26.3. The molecule has 3 aromatic rings. The van der Waals surface area contributed by atoms with Gasteiger partial charge in [0, 0.05) is 17.1 Å². The van der Waals surface area contributed by atoms with Gasteiger partial charge in [0.25, 0.3) is 5.91 Å². The van der Waals surface area contributed by atoms with E-state index in [0.717, 1.165) is 28.9 Å². The molecule has 9 nitrogen and oxygen atoms in total. The highest BCUT2D eigenvalue weighted by Crippen LogP contribution is 2.29. The lowest BCUT2D eigenvalue weighted by molar-refractivity contribution is -0.192. The highest BCUT2D eigenvalue weighted by atomic mass is 35.5. The second-order valence-electron chi connectivity index (χ2n) is 7.68. The number of carboxylic acid groups (broad SMARTS) is 1. The molecule has 0 saturated carbocycles. The van der Waals surface area contributed by atoms with Gasteiger partial charge < -0.3 is 26.2 Å². The molecule has 36 heavy (non-hydrogen) atoms. The number of benzene rings is 2. The summed E-state index contributed by atoms with van der Waals surface area (Å²) < 4.78 is 31.7. The molecule has 1 atom stereocenters. The van der Waals surface area contributed by atoms with Gasteiger partial charge in [-0.3, -0.25) is 4.79 Å². The van der Waals surface area contributed by atoms with Crippen molar-refractivity contribution in [2.45, 2.75) is 32.0 Å². The van der Waals surface area contributed by atoms with E-state index in [-0.39, 0.29) is 0 Å². The number of halogens is 4. The van der Waals surface area contributed by atoms with E-state index >= 15 is 0 Å². The standard InChI is InChI=1S/C21H20ClN5O2.C2HF3O2/c1-12(28)20(29)26-18-8-7-16-10-14(18)6-5-13-3-2-4-15(9-13)25-21-23-11-17(22)19(24-16)27-21;3-2(4,5)1(6)7/h2-4,7-12,28H,5-6H2,1H3,(H,26,29)(H2,23,24,25,27);(H,6,7)/t12-;/m0./s1. The Labute approximate surface area is 208 Å². The van der Waals surface area contributed by atoms with E-state index in [0.29, 0.717) is 28.9 Å². The lowest BCUT2D eigenvalue weighted by Gasteiger charge is -2.15. The van der Waals surface area contributed by atoms with Crippen molar-refractivity contribution in [2.24, 2.45) is 0 Å². The molecule has 190 valence electrons. The highest BCUT2D eigenvalue weighted by Gasteiger charge is 2.38. The fourth-order valence-electron chi connectivity index (χ4n) is 3.10. The SMILES string of the molecule is C[C@H](O)C(=O)Nc1ccc2cc1CCc1cccc(c1)Nc1ncc(Cl)c(n1)N2.O=C(O)C(F)(F)F. The Bertz CT molecular complexity index is 1270. The molecule has 2 heterocycles. The van der Waals surface area contributed by atoms with Crippen LogP contribution in [0.25, 0.3) is 0 Å². The third kappa shape index (κ3) is 7.30. The second-order valence-corrected chi connectivity index (χ2v) is 8.09. The number of nitrogens with zero attached hydrogens (tertiary/aromatic N) is 2. The number of anilines is 5. The molecule has 1 aliphatic rings. The monoisotopic (exact) mass is 523 g/mol. The average Bonchev–Trinajstić information content (AvgIpc) is 2.81. The van der Waals surface area contributed by atoms with Gasteiger partial charge in [-0.2, -0.15) is 18.2 Å². The Morgan fingerprint density at radius 3 is 2.47 bits per heavy atom. The number of aliphatic carboxylic acids is 1. The number of aliphatic hydroxyl groups is 1. The largest absolute Gasteiger partial charge is 0.490 e. The van der Waals surface area contributed by atoms with Crippen LogP contribution in [-0.2, 0) is 22.4 Å². The lowest BCUT2D eigenvalue weighted by Crippen LogP contribution is -2.25. The number of alkyl halides is 3. The quantitative estimate of drug-likeness (QED) is 0.327. The molecular formula is C23H21ClF3N5O4. The second kappa shape index (κ2) is 11.2. The van der Waals surface area contributed by atoms with Crippen molar-refractivity contribution in [3.05, 3.63) is 64.8 Å². The number of rotatable bonds is 2. The fraction of sp³-hybridized carbons (Fsp3) is 0.217. The van der Waals surface area contributed by atoms with Crippen LogP contribution in [0.2, 0.25) is 5.02 Å². The van der Waals surface area contributed by atoms with Crippen molar-refractivity contribution >= 4 is 52.3 Å². The van der Waals surface area contributed by atoms with Crippen LogP contribution in [0.5, 0.6) is 0 Å². The normalized spacial score (nSPS) is 13.2.